The van der Waals surface area contributed by atoms with Gasteiger partial charge in [-0.15, -0.1) is 0 Å². The molecule has 0 saturated carbocycles. The van der Waals surface area contributed by atoms with Crippen LogP contribution in [0.4, 0.5) is 0 Å². The van der Waals surface area contributed by atoms with Gasteiger partial charge in [0.25, 0.3) is 0 Å². The number of benzene rings is 1. The molecular formula is C13H11N5O. The van der Waals surface area contributed by atoms with Crippen LogP contribution in [0.2, 0.25) is 0 Å². The van der Waals surface area contributed by atoms with E-state index in [1.807, 2.05) is 34.9 Å². The number of hydrogen-bond donors (Lipinski definition) is 2. The first-order valence-electron chi connectivity index (χ1n) is 5.66. The summed E-state index contributed by atoms with van der Waals surface area (Å²) in [6.45, 7) is 0. The van der Waals surface area contributed by atoms with Crippen LogP contribution in [0.1, 0.15) is 5.69 Å². The molecule has 0 fully saturated rings. The smallest absolute Gasteiger partial charge is 0.188 e. The second-order valence-electron chi connectivity index (χ2n) is 3.99. The molecule has 0 bridgehead atoms. The third kappa shape index (κ3) is 1.89. The van der Waals surface area contributed by atoms with Gasteiger partial charge in [-0.3, -0.25) is 9.55 Å². The van der Waals surface area contributed by atoms with E-state index in [4.69, 9.17) is 10.9 Å². The lowest BCUT2D eigenvalue weighted by Crippen LogP contribution is -2.14. The molecule has 94 valence electrons. The molecule has 0 aliphatic heterocycles. The van der Waals surface area contributed by atoms with Gasteiger partial charge < -0.3 is 10.9 Å². The van der Waals surface area contributed by atoms with Crippen LogP contribution in [0.5, 0.6) is 0 Å². The maximum Gasteiger partial charge on any atom is 0.188 e. The van der Waals surface area contributed by atoms with Crippen molar-refractivity contribution in [3.8, 4) is 5.69 Å². The maximum absolute atomic E-state index is 8.59. The zero-order chi connectivity index (χ0) is 13.2. The predicted molar refractivity (Wildman–Crippen MR) is 71.4 cm³/mol. The number of rotatable bonds is 2. The Morgan fingerprint density at radius 3 is 2.74 bits per heavy atom. The van der Waals surface area contributed by atoms with Crippen molar-refractivity contribution < 1.29 is 5.21 Å². The molecule has 6 nitrogen and oxygen atoms in total. The van der Waals surface area contributed by atoms with E-state index >= 15 is 0 Å². The molecule has 0 saturated heterocycles. The summed E-state index contributed by atoms with van der Waals surface area (Å²) in [6, 6.07) is 11.4. The molecule has 0 atom stereocenters. The van der Waals surface area contributed by atoms with Gasteiger partial charge in [0.1, 0.15) is 12.0 Å². The molecule has 3 N–H and O–H groups in total. The number of hydrogen-bond acceptors (Lipinski definition) is 4. The van der Waals surface area contributed by atoms with Crippen LogP contribution in [0.3, 0.4) is 0 Å². The van der Waals surface area contributed by atoms with Gasteiger partial charge in [-0.2, -0.15) is 0 Å². The third-order valence-corrected chi connectivity index (χ3v) is 2.85. The number of aromatic nitrogens is 3. The van der Waals surface area contributed by atoms with Gasteiger partial charge in [0.15, 0.2) is 5.84 Å². The Morgan fingerprint density at radius 2 is 2.00 bits per heavy atom. The molecule has 0 aliphatic rings. The number of amidine groups is 1. The quantitative estimate of drug-likeness (QED) is 0.313. The van der Waals surface area contributed by atoms with Crippen LogP contribution >= 0.6 is 0 Å². The van der Waals surface area contributed by atoms with Gasteiger partial charge in [0.05, 0.1) is 22.9 Å². The predicted octanol–water partition coefficient (Wildman–Crippen LogP) is 1.51. The first-order chi connectivity index (χ1) is 9.29. The normalized spacial score (nSPS) is 11.9. The van der Waals surface area contributed by atoms with E-state index in [0.717, 1.165) is 16.7 Å². The third-order valence-electron chi connectivity index (χ3n) is 2.85. The highest BCUT2D eigenvalue weighted by Crippen LogP contribution is 2.17. The minimum absolute atomic E-state index is 0.0120. The monoisotopic (exact) mass is 253 g/mol. The molecule has 3 rings (SSSR count). The van der Waals surface area contributed by atoms with Crippen molar-refractivity contribution in [2.24, 2.45) is 10.9 Å². The summed E-state index contributed by atoms with van der Waals surface area (Å²) < 4.78 is 1.93. The van der Waals surface area contributed by atoms with Crippen molar-refractivity contribution >= 4 is 16.9 Å². The van der Waals surface area contributed by atoms with Crippen molar-refractivity contribution in [1.82, 2.24) is 14.5 Å². The van der Waals surface area contributed by atoms with Gasteiger partial charge in [-0.1, -0.05) is 17.3 Å². The number of nitrogens with zero attached hydrogens (tertiary/aromatic N) is 4. The fourth-order valence-electron chi connectivity index (χ4n) is 1.90. The zero-order valence-corrected chi connectivity index (χ0v) is 9.93. The van der Waals surface area contributed by atoms with Crippen LogP contribution in [-0.4, -0.2) is 25.6 Å². The van der Waals surface area contributed by atoms with Crippen molar-refractivity contribution in [2.45, 2.75) is 0 Å². The van der Waals surface area contributed by atoms with E-state index in [1.54, 1.807) is 18.6 Å². The summed E-state index contributed by atoms with van der Waals surface area (Å²) in [4.78, 5) is 8.46. The zero-order valence-electron chi connectivity index (χ0n) is 9.93. The van der Waals surface area contributed by atoms with Gasteiger partial charge in [-0.05, 0) is 24.3 Å². The van der Waals surface area contributed by atoms with Gasteiger partial charge >= 0.3 is 0 Å². The molecular weight excluding hydrogens is 242 g/mol. The summed E-state index contributed by atoms with van der Waals surface area (Å²) in [6.07, 6.45) is 3.40. The Balaban J connectivity index is 2.07. The molecule has 1 aromatic carbocycles. The molecule has 0 unspecified atom stereocenters. The van der Waals surface area contributed by atoms with E-state index in [1.165, 1.54) is 0 Å². The SMILES string of the molecule is N/C(=N/O)c1ccc(-n2cnc3ccccc32)cn1. The van der Waals surface area contributed by atoms with Crippen molar-refractivity contribution in [3.05, 3.63) is 54.6 Å². The second-order valence-corrected chi connectivity index (χ2v) is 3.99. The van der Waals surface area contributed by atoms with E-state index < -0.39 is 0 Å². The summed E-state index contributed by atoms with van der Waals surface area (Å²) >= 11 is 0. The minimum atomic E-state index is -0.0120. The molecule has 2 aromatic heterocycles. The Bertz CT molecular complexity index is 745. The van der Waals surface area contributed by atoms with Crippen molar-refractivity contribution in [3.63, 3.8) is 0 Å². The van der Waals surface area contributed by atoms with Crippen molar-refractivity contribution in [1.29, 1.82) is 0 Å². The number of fused-ring (bicyclic) bond motifs is 1. The highest BCUT2D eigenvalue weighted by atomic mass is 16.4. The minimum Gasteiger partial charge on any atom is -0.409 e. The lowest BCUT2D eigenvalue weighted by Gasteiger charge is -2.04. The van der Waals surface area contributed by atoms with Gasteiger partial charge in [0, 0.05) is 0 Å². The standard InChI is InChI=1S/C13H11N5O/c14-13(17-19)11-6-5-9(7-15-11)18-8-16-10-3-1-2-4-12(10)18/h1-8,19H,(H2,14,17). The molecule has 2 heterocycles. The van der Waals surface area contributed by atoms with Crippen LogP contribution in [0.15, 0.2) is 54.1 Å². The van der Waals surface area contributed by atoms with E-state index in [2.05, 4.69) is 15.1 Å². The Kier molecular flexibility index (Phi) is 2.60. The summed E-state index contributed by atoms with van der Waals surface area (Å²) in [5.74, 6) is -0.0120. The number of oxime groups is 1. The van der Waals surface area contributed by atoms with E-state index in [-0.39, 0.29) is 5.84 Å². The summed E-state index contributed by atoms with van der Waals surface area (Å²) in [5, 5.41) is 11.5. The average Bonchev–Trinajstić information content (AvgIpc) is 2.90. The molecule has 19 heavy (non-hydrogen) atoms. The highest BCUT2D eigenvalue weighted by molar-refractivity contribution is 5.95. The Morgan fingerprint density at radius 1 is 1.16 bits per heavy atom. The molecule has 6 heteroatoms. The number of para-hydroxylation sites is 2. The fraction of sp³-hybridized carbons (Fsp3) is 0. The molecule has 0 aliphatic carbocycles. The fourth-order valence-corrected chi connectivity index (χ4v) is 1.90. The first-order valence-corrected chi connectivity index (χ1v) is 5.66. The Hall–Kier alpha value is -2.89. The lowest BCUT2D eigenvalue weighted by molar-refractivity contribution is 0.318. The van der Waals surface area contributed by atoms with Crippen LogP contribution in [-0.2, 0) is 0 Å². The van der Waals surface area contributed by atoms with Crippen LogP contribution in [0.25, 0.3) is 16.7 Å². The molecule has 3 aromatic rings. The van der Waals surface area contributed by atoms with Crippen molar-refractivity contribution in [2.75, 3.05) is 0 Å². The number of pyridine rings is 1. The van der Waals surface area contributed by atoms with Gasteiger partial charge in [0.2, 0.25) is 0 Å². The van der Waals surface area contributed by atoms with E-state index in [0.29, 0.717) is 5.69 Å². The summed E-state index contributed by atoms with van der Waals surface area (Å²) in [5.41, 5.74) is 8.68. The highest BCUT2D eigenvalue weighted by Gasteiger charge is 2.05. The maximum atomic E-state index is 8.59. The molecule has 0 radical (unpaired) electrons. The molecule has 0 amide bonds. The largest absolute Gasteiger partial charge is 0.409 e. The topological polar surface area (TPSA) is 89.3 Å². The van der Waals surface area contributed by atoms with Crippen LogP contribution < -0.4 is 5.73 Å². The summed E-state index contributed by atoms with van der Waals surface area (Å²) in [7, 11) is 0. The first kappa shape index (κ1) is 11.2. The molecule has 0 spiro atoms. The van der Waals surface area contributed by atoms with E-state index in [9.17, 15) is 0 Å². The Labute approximate surface area is 108 Å². The average molecular weight is 253 g/mol. The number of imidazole rings is 1. The number of nitrogens with two attached hydrogens (primary N) is 1. The second kappa shape index (κ2) is 4.41. The lowest BCUT2D eigenvalue weighted by atomic mass is 10.3. The van der Waals surface area contributed by atoms with Crippen LogP contribution in [0, 0.1) is 0 Å². The van der Waals surface area contributed by atoms with Gasteiger partial charge in [-0.25, -0.2) is 4.98 Å².